The van der Waals surface area contributed by atoms with Crippen molar-refractivity contribution in [1.29, 1.82) is 0 Å². The lowest BCUT2D eigenvalue weighted by atomic mass is 10.2. The summed E-state index contributed by atoms with van der Waals surface area (Å²) in [5.74, 6) is -0.0381. The van der Waals surface area contributed by atoms with Gasteiger partial charge in [0.15, 0.2) is 0 Å². The van der Waals surface area contributed by atoms with Crippen LogP contribution in [-0.4, -0.2) is 56.0 Å². The molecule has 126 valence electrons. The second-order valence-electron chi connectivity index (χ2n) is 5.12. The SMILES string of the molecule is O=C(NCCOCCO)NC1CC(=O)N(c2ccc(Cl)cc2)C1. The number of aliphatic hydroxyl groups excluding tert-OH is 1. The second-order valence-corrected chi connectivity index (χ2v) is 5.55. The molecule has 1 atom stereocenters. The van der Waals surface area contributed by atoms with Gasteiger partial charge in [0.2, 0.25) is 5.91 Å². The van der Waals surface area contributed by atoms with Crippen molar-refractivity contribution in [3.8, 4) is 0 Å². The largest absolute Gasteiger partial charge is 0.394 e. The molecule has 0 spiro atoms. The van der Waals surface area contributed by atoms with Crippen LogP contribution in [0.1, 0.15) is 6.42 Å². The van der Waals surface area contributed by atoms with E-state index in [4.69, 9.17) is 21.4 Å². The van der Waals surface area contributed by atoms with E-state index in [1.165, 1.54) is 0 Å². The van der Waals surface area contributed by atoms with Gasteiger partial charge in [-0.1, -0.05) is 11.6 Å². The molecule has 0 aromatic heterocycles. The third-order valence-electron chi connectivity index (χ3n) is 3.37. The normalized spacial score (nSPS) is 17.4. The van der Waals surface area contributed by atoms with E-state index in [0.717, 1.165) is 5.69 Å². The molecule has 8 heteroatoms. The van der Waals surface area contributed by atoms with Crippen molar-refractivity contribution < 1.29 is 19.4 Å². The van der Waals surface area contributed by atoms with Gasteiger partial charge in [0, 0.05) is 30.2 Å². The predicted molar refractivity (Wildman–Crippen MR) is 86.6 cm³/mol. The van der Waals surface area contributed by atoms with Crippen molar-refractivity contribution >= 4 is 29.2 Å². The molecule has 3 amide bonds. The van der Waals surface area contributed by atoms with Gasteiger partial charge in [-0.15, -0.1) is 0 Å². The Morgan fingerprint density at radius 3 is 2.78 bits per heavy atom. The van der Waals surface area contributed by atoms with Crippen LogP contribution >= 0.6 is 11.6 Å². The van der Waals surface area contributed by atoms with E-state index < -0.39 is 0 Å². The molecular formula is C15H20ClN3O4. The van der Waals surface area contributed by atoms with E-state index in [0.29, 0.717) is 24.7 Å². The first kappa shape index (κ1) is 17.5. The topological polar surface area (TPSA) is 90.9 Å². The number of ether oxygens (including phenoxy) is 1. The third-order valence-corrected chi connectivity index (χ3v) is 3.62. The Bertz CT molecular complexity index is 538. The lowest BCUT2D eigenvalue weighted by Crippen LogP contribution is -2.44. The van der Waals surface area contributed by atoms with Crippen LogP contribution in [0, 0.1) is 0 Å². The molecule has 1 aromatic carbocycles. The van der Waals surface area contributed by atoms with Crippen molar-refractivity contribution in [3.05, 3.63) is 29.3 Å². The summed E-state index contributed by atoms with van der Waals surface area (Å²) in [7, 11) is 0. The Morgan fingerprint density at radius 2 is 2.09 bits per heavy atom. The standard InChI is InChI=1S/C15H20ClN3O4/c16-11-1-3-13(4-2-11)19-10-12(9-14(19)21)18-15(22)17-5-7-23-8-6-20/h1-4,12,20H,5-10H2,(H2,17,18,22). The molecule has 7 nitrogen and oxygen atoms in total. The van der Waals surface area contributed by atoms with Gasteiger partial charge in [-0.2, -0.15) is 0 Å². The van der Waals surface area contributed by atoms with E-state index in [1.54, 1.807) is 29.2 Å². The smallest absolute Gasteiger partial charge is 0.315 e. The van der Waals surface area contributed by atoms with Crippen LogP contribution in [-0.2, 0) is 9.53 Å². The van der Waals surface area contributed by atoms with Gasteiger partial charge < -0.3 is 25.4 Å². The maximum absolute atomic E-state index is 12.1. The number of halogens is 1. The molecule has 1 heterocycles. The maximum Gasteiger partial charge on any atom is 0.315 e. The number of hydrogen-bond donors (Lipinski definition) is 3. The van der Waals surface area contributed by atoms with Crippen LogP contribution in [0.3, 0.4) is 0 Å². The molecule has 0 aliphatic carbocycles. The van der Waals surface area contributed by atoms with Crippen LogP contribution in [0.25, 0.3) is 0 Å². The average Bonchev–Trinajstić information content (AvgIpc) is 2.88. The number of amides is 3. The Kier molecular flexibility index (Phi) is 6.64. The molecule has 1 unspecified atom stereocenters. The van der Waals surface area contributed by atoms with Crippen LogP contribution in [0.4, 0.5) is 10.5 Å². The van der Waals surface area contributed by atoms with Crippen molar-refractivity contribution in [3.63, 3.8) is 0 Å². The summed E-state index contributed by atoms with van der Waals surface area (Å²) in [6, 6.07) is 6.43. The zero-order valence-electron chi connectivity index (χ0n) is 12.6. The van der Waals surface area contributed by atoms with Crippen LogP contribution in [0.5, 0.6) is 0 Å². The molecule has 1 saturated heterocycles. The van der Waals surface area contributed by atoms with Gasteiger partial charge in [0.25, 0.3) is 0 Å². The van der Waals surface area contributed by atoms with E-state index in [9.17, 15) is 9.59 Å². The van der Waals surface area contributed by atoms with Gasteiger partial charge in [0.05, 0.1) is 25.9 Å². The molecular weight excluding hydrogens is 322 g/mol. The fraction of sp³-hybridized carbons (Fsp3) is 0.467. The van der Waals surface area contributed by atoms with Crippen LogP contribution < -0.4 is 15.5 Å². The molecule has 0 saturated carbocycles. The second kappa shape index (κ2) is 8.71. The number of urea groups is 1. The van der Waals surface area contributed by atoms with Crippen molar-refractivity contribution in [2.75, 3.05) is 37.8 Å². The molecule has 23 heavy (non-hydrogen) atoms. The number of nitrogens with zero attached hydrogens (tertiary/aromatic N) is 1. The van der Waals surface area contributed by atoms with Gasteiger partial charge >= 0.3 is 6.03 Å². The van der Waals surface area contributed by atoms with Gasteiger partial charge in [-0.25, -0.2) is 4.79 Å². The first-order chi connectivity index (χ1) is 11.1. The Labute approximate surface area is 139 Å². The van der Waals surface area contributed by atoms with E-state index in [2.05, 4.69) is 10.6 Å². The molecule has 1 aliphatic heterocycles. The van der Waals surface area contributed by atoms with E-state index in [1.807, 2.05) is 0 Å². The predicted octanol–water partition coefficient (Wildman–Crippen LogP) is 0.753. The molecule has 1 fully saturated rings. The first-order valence-electron chi connectivity index (χ1n) is 7.39. The van der Waals surface area contributed by atoms with Crippen LogP contribution in [0.15, 0.2) is 24.3 Å². The van der Waals surface area contributed by atoms with E-state index in [-0.39, 0.29) is 37.6 Å². The van der Waals surface area contributed by atoms with Crippen molar-refractivity contribution in [2.45, 2.75) is 12.5 Å². The molecule has 0 bridgehead atoms. The van der Waals surface area contributed by atoms with Crippen LogP contribution in [0.2, 0.25) is 5.02 Å². The highest BCUT2D eigenvalue weighted by molar-refractivity contribution is 6.30. The number of aliphatic hydroxyl groups is 1. The number of benzene rings is 1. The molecule has 1 aromatic rings. The first-order valence-corrected chi connectivity index (χ1v) is 7.77. The Morgan fingerprint density at radius 1 is 1.35 bits per heavy atom. The van der Waals surface area contributed by atoms with Gasteiger partial charge in [0.1, 0.15) is 0 Å². The summed E-state index contributed by atoms with van der Waals surface area (Å²) < 4.78 is 5.04. The molecule has 1 aliphatic rings. The lowest BCUT2D eigenvalue weighted by Gasteiger charge is -2.17. The van der Waals surface area contributed by atoms with E-state index >= 15 is 0 Å². The Hall–Kier alpha value is -1.83. The number of rotatable bonds is 7. The number of anilines is 1. The quantitative estimate of drug-likeness (QED) is 0.638. The maximum atomic E-state index is 12.1. The summed E-state index contributed by atoms with van der Waals surface area (Å²) in [5, 5.41) is 14.6. The van der Waals surface area contributed by atoms with Gasteiger partial charge in [-0.3, -0.25) is 4.79 Å². The average molecular weight is 342 g/mol. The summed E-state index contributed by atoms with van der Waals surface area (Å²) >= 11 is 5.84. The van der Waals surface area contributed by atoms with Crippen molar-refractivity contribution in [2.24, 2.45) is 0 Å². The lowest BCUT2D eigenvalue weighted by molar-refractivity contribution is -0.117. The third kappa shape index (κ3) is 5.38. The Balaban J connectivity index is 1.76. The monoisotopic (exact) mass is 341 g/mol. The fourth-order valence-electron chi connectivity index (χ4n) is 2.31. The molecule has 2 rings (SSSR count). The highest BCUT2D eigenvalue weighted by atomic mass is 35.5. The summed E-state index contributed by atoms with van der Waals surface area (Å²) in [5.41, 5.74) is 0.765. The summed E-state index contributed by atoms with van der Waals surface area (Å²) in [6.45, 7) is 1.30. The van der Waals surface area contributed by atoms with Gasteiger partial charge in [-0.05, 0) is 24.3 Å². The highest BCUT2D eigenvalue weighted by Gasteiger charge is 2.31. The number of hydrogen-bond acceptors (Lipinski definition) is 4. The number of carbonyl (C=O) groups excluding carboxylic acids is 2. The summed E-state index contributed by atoms with van der Waals surface area (Å²) in [4.78, 5) is 25.4. The number of carbonyl (C=O) groups is 2. The summed E-state index contributed by atoms with van der Waals surface area (Å²) in [6.07, 6.45) is 0.261. The van der Waals surface area contributed by atoms with Crippen molar-refractivity contribution in [1.82, 2.24) is 10.6 Å². The minimum atomic E-state index is -0.339. The molecule has 0 radical (unpaired) electrons. The minimum Gasteiger partial charge on any atom is -0.394 e. The molecule has 3 N–H and O–H groups in total. The minimum absolute atomic E-state index is 0.0381. The fourth-order valence-corrected chi connectivity index (χ4v) is 2.44. The highest BCUT2D eigenvalue weighted by Crippen LogP contribution is 2.23. The zero-order chi connectivity index (χ0) is 16.7. The zero-order valence-corrected chi connectivity index (χ0v) is 13.4. The number of nitrogens with one attached hydrogen (secondary N) is 2.